The molecule has 0 aliphatic rings. The lowest BCUT2D eigenvalue weighted by atomic mass is 10.3. The zero-order valence-electron chi connectivity index (χ0n) is 6.15. The standard InChI is InChI=1S/C7H14N2/c1-5-6(2)9-7(3)8-4/h6,9H,3-5H2,1-2H3. The second kappa shape index (κ2) is 4.13. The number of aliphatic imine (C=N–C) groups is 1. The molecular formula is C7H14N2. The zero-order valence-corrected chi connectivity index (χ0v) is 6.15. The maximum absolute atomic E-state index is 3.62. The van der Waals surface area contributed by atoms with Gasteiger partial charge in [-0.2, -0.15) is 0 Å². The molecule has 1 atom stereocenters. The van der Waals surface area contributed by atoms with E-state index in [9.17, 15) is 0 Å². The topological polar surface area (TPSA) is 24.4 Å². The quantitative estimate of drug-likeness (QED) is 0.568. The van der Waals surface area contributed by atoms with Crippen LogP contribution in [0.15, 0.2) is 17.4 Å². The van der Waals surface area contributed by atoms with Gasteiger partial charge >= 0.3 is 0 Å². The van der Waals surface area contributed by atoms with Crippen molar-refractivity contribution in [3.05, 3.63) is 12.4 Å². The molecule has 2 nitrogen and oxygen atoms in total. The minimum atomic E-state index is 0.447. The van der Waals surface area contributed by atoms with Gasteiger partial charge in [-0.05, 0) is 20.1 Å². The van der Waals surface area contributed by atoms with Gasteiger partial charge in [0.15, 0.2) is 0 Å². The lowest BCUT2D eigenvalue weighted by Crippen LogP contribution is -2.22. The molecule has 2 heteroatoms. The molecule has 0 aromatic heterocycles. The summed E-state index contributed by atoms with van der Waals surface area (Å²) in [5, 5.41) is 3.06. The molecule has 0 radical (unpaired) electrons. The summed E-state index contributed by atoms with van der Waals surface area (Å²) in [5.74, 6) is 0.657. The Morgan fingerprint density at radius 1 is 1.78 bits per heavy atom. The van der Waals surface area contributed by atoms with Crippen molar-refractivity contribution in [2.75, 3.05) is 0 Å². The van der Waals surface area contributed by atoms with E-state index in [2.05, 4.69) is 37.5 Å². The van der Waals surface area contributed by atoms with E-state index in [0.717, 1.165) is 6.42 Å². The van der Waals surface area contributed by atoms with E-state index in [1.807, 2.05) is 0 Å². The van der Waals surface area contributed by atoms with Gasteiger partial charge in [-0.25, -0.2) is 4.99 Å². The van der Waals surface area contributed by atoms with Gasteiger partial charge in [-0.3, -0.25) is 0 Å². The fourth-order valence-corrected chi connectivity index (χ4v) is 0.432. The van der Waals surface area contributed by atoms with Crippen LogP contribution in [0.1, 0.15) is 20.3 Å². The molecule has 0 rings (SSSR count). The molecule has 9 heavy (non-hydrogen) atoms. The average molecular weight is 126 g/mol. The zero-order chi connectivity index (χ0) is 7.28. The number of hydrogen-bond acceptors (Lipinski definition) is 2. The first-order valence-electron chi connectivity index (χ1n) is 3.12. The molecule has 0 amide bonds. The summed E-state index contributed by atoms with van der Waals surface area (Å²) >= 11 is 0. The van der Waals surface area contributed by atoms with Crippen molar-refractivity contribution in [2.45, 2.75) is 26.3 Å². The highest BCUT2D eigenvalue weighted by Gasteiger charge is 1.94. The summed E-state index contributed by atoms with van der Waals surface area (Å²) in [5.41, 5.74) is 0. The van der Waals surface area contributed by atoms with Crippen molar-refractivity contribution in [3.63, 3.8) is 0 Å². The predicted octanol–water partition coefficient (Wildman–Crippen LogP) is 1.55. The van der Waals surface area contributed by atoms with Crippen LogP contribution in [-0.4, -0.2) is 12.8 Å². The van der Waals surface area contributed by atoms with Crippen LogP contribution in [0.25, 0.3) is 0 Å². The van der Waals surface area contributed by atoms with Crippen LogP contribution in [0.4, 0.5) is 0 Å². The Balaban J connectivity index is 3.46. The summed E-state index contributed by atoms with van der Waals surface area (Å²) in [6.45, 7) is 11.1. The molecule has 0 fully saturated rings. The van der Waals surface area contributed by atoms with Crippen molar-refractivity contribution < 1.29 is 0 Å². The minimum Gasteiger partial charge on any atom is -0.368 e. The number of nitrogens with one attached hydrogen (secondary N) is 1. The van der Waals surface area contributed by atoms with Crippen molar-refractivity contribution in [1.29, 1.82) is 0 Å². The summed E-state index contributed by atoms with van der Waals surface area (Å²) in [7, 11) is 0. The van der Waals surface area contributed by atoms with E-state index in [4.69, 9.17) is 0 Å². The van der Waals surface area contributed by atoms with E-state index in [0.29, 0.717) is 11.9 Å². The molecule has 0 bridgehead atoms. The van der Waals surface area contributed by atoms with Crippen molar-refractivity contribution in [2.24, 2.45) is 4.99 Å². The Morgan fingerprint density at radius 2 is 2.33 bits per heavy atom. The molecule has 0 aromatic carbocycles. The average Bonchev–Trinajstić information content (AvgIpc) is 1.87. The normalized spacial score (nSPS) is 12.2. The molecular weight excluding hydrogens is 112 g/mol. The molecule has 0 heterocycles. The van der Waals surface area contributed by atoms with Crippen LogP contribution in [0.2, 0.25) is 0 Å². The van der Waals surface area contributed by atoms with E-state index >= 15 is 0 Å². The fourth-order valence-electron chi connectivity index (χ4n) is 0.432. The van der Waals surface area contributed by atoms with Gasteiger partial charge in [0.1, 0.15) is 5.82 Å². The maximum atomic E-state index is 3.62. The first kappa shape index (κ1) is 8.21. The Hall–Kier alpha value is -0.790. The first-order chi connectivity index (χ1) is 4.20. The third kappa shape index (κ3) is 3.76. The van der Waals surface area contributed by atoms with Crippen LogP contribution in [0.5, 0.6) is 0 Å². The third-order valence-electron chi connectivity index (χ3n) is 1.22. The van der Waals surface area contributed by atoms with E-state index in [-0.39, 0.29) is 0 Å². The smallest absolute Gasteiger partial charge is 0.118 e. The Bertz CT molecular complexity index is 107. The van der Waals surface area contributed by atoms with Gasteiger partial charge in [0.2, 0.25) is 0 Å². The van der Waals surface area contributed by atoms with Gasteiger partial charge in [0, 0.05) is 6.04 Å². The van der Waals surface area contributed by atoms with Crippen molar-refractivity contribution in [3.8, 4) is 0 Å². The van der Waals surface area contributed by atoms with Crippen LogP contribution < -0.4 is 5.32 Å². The van der Waals surface area contributed by atoms with E-state index < -0.39 is 0 Å². The lowest BCUT2D eigenvalue weighted by Gasteiger charge is -2.10. The summed E-state index contributed by atoms with van der Waals surface area (Å²) in [6.07, 6.45) is 1.08. The fraction of sp³-hybridized carbons (Fsp3) is 0.571. The maximum Gasteiger partial charge on any atom is 0.118 e. The lowest BCUT2D eigenvalue weighted by molar-refractivity contribution is 0.594. The molecule has 1 N–H and O–H groups in total. The highest BCUT2D eigenvalue weighted by molar-refractivity contribution is 5.27. The molecule has 0 spiro atoms. The number of nitrogens with zero attached hydrogens (tertiary/aromatic N) is 1. The molecule has 0 saturated heterocycles. The first-order valence-corrected chi connectivity index (χ1v) is 3.12. The predicted molar refractivity (Wildman–Crippen MR) is 41.6 cm³/mol. The Kier molecular flexibility index (Phi) is 3.76. The SMILES string of the molecule is C=NC(=C)NC(C)CC. The highest BCUT2D eigenvalue weighted by Crippen LogP contribution is 1.92. The van der Waals surface area contributed by atoms with Gasteiger partial charge in [-0.1, -0.05) is 13.5 Å². The summed E-state index contributed by atoms with van der Waals surface area (Å²) < 4.78 is 0. The van der Waals surface area contributed by atoms with E-state index in [1.54, 1.807) is 0 Å². The van der Waals surface area contributed by atoms with Gasteiger partial charge in [-0.15, -0.1) is 0 Å². The highest BCUT2D eigenvalue weighted by atomic mass is 15.0. The number of hydrogen-bond donors (Lipinski definition) is 1. The van der Waals surface area contributed by atoms with Crippen LogP contribution in [0, 0.1) is 0 Å². The molecule has 0 aliphatic heterocycles. The second-order valence-electron chi connectivity index (χ2n) is 2.06. The molecule has 52 valence electrons. The van der Waals surface area contributed by atoms with Crippen LogP contribution in [0.3, 0.4) is 0 Å². The van der Waals surface area contributed by atoms with Gasteiger partial charge < -0.3 is 5.32 Å². The van der Waals surface area contributed by atoms with Gasteiger partial charge in [0.25, 0.3) is 0 Å². The Labute approximate surface area is 56.7 Å². The largest absolute Gasteiger partial charge is 0.368 e. The second-order valence-corrected chi connectivity index (χ2v) is 2.06. The van der Waals surface area contributed by atoms with Crippen molar-refractivity contribution in [1.82, 2.24) is 5.32 Å². The van der Waals surface area contributed by atoms with Crippen molar-refractivity contribution >= 4 is 6.72 Å². The van der Waals surface area contributed by atoms with Gasteiger partial charge in [0.05, 0.1) is 0 Å². The van der Waals surface area contributed by atoms with E-state index in [1.165, 1.54) is 0 Å². The molecule has 0 saturated carbocycles. The minimum absolute atomic E-state index is 0.447. The Morgan fingerprint density at radius 3 is 2.67 bits per heavy atom. The monoisotopic (exact) mass is 126 g/mol. The summed E-state index contributed by atoms with van der Waals surface area (Å²) in [4.78, 5) is 3.62. The molecule has 0 aromatic rings. The number of rotatable bonds is 4. The molecule has 1 unspecified atom stereocenters. The van der Waals surface area contributed by atoms with Crippen LogP contribution >= 0.6 is 0 Å². The van der Waals surface area contributed by atoms with Crippen LogP contribution in [-0.2, 0) is 0 Å². The molecule has 0 aliphatic carbocycles. The summed E-state index contributed by atoms with van der Waals surface area (Å²) in [6, 6.07) is 0.447. The third-order valence-corrected chi connectivity index (χ3v) is 1.22.